The van der Waals surface area contributed by atoms with Crippen molar-refractivity contribution in [3.8, 4) is 0 Å². The molecule has 2 nitrogen and oxygen atoms in total. The lowest BCUT2D eigenvalue weighted by Crippen LogP contribution is -2.61. The summed E-state index contributed by atoms with van der Waals surface area (Å²) in [6, 6.07) is 27.3. The standard InChI is InChI=1S/C31H27NOS2/c1-30(2)24-13-7-8-14-25(24)32(3)31(30)20-22(26-15-9-17-34-26)19-23(21-11-5-4-6-12-21)28(31)29(33)27-16-10-18-35-27/h4-20,28H,1-3H3. The molecule has 1 aliphatic heterocycles. The van der Waals surface area contributed by atoms with Crippen LogP contribution >= 0.6 is 22.7 Å². The van der Waals surface area contributed by atoms with Crippen molar-refractivity contribution < 1.29 is 4.79 Å². The highest BCUT2D eigenvalue weighted by atomic mass is 32.1. The molecule has 35 heavy (non-hydrogen) atoms. The number of rotatable bonds is 4. The molecule has 1 spiro atoms. The number of ketones is 1. The minimum Gasteiger partial charge on any atom is -0.363 e. The van der Waals surface area contributed by atoms with Crippen molar-refractivity contribution in [2.75, 3.05) is 11.9 Å². The zero-order chi connectivity index (χ0) is 24.2. The minimum absolute atomic E-state index is 0.185. The molecule has 2 aliphatic rings. The second kappa shape index (κ2) is 8.18. The molecule has 0 radical (unpaired) electrons. The lowest BCUT2D eigenvalue weighted by atomic mass is 9.57. The van der Waals surface area contributed by atoms with E-state index in [9.17, 15) is 4.79 Å². The van der Waals surface area contributed by atoms with Gasteiger partial charge < -0.3 is 4.90 Å². The normalized spacial score (nSPS) is 22.6. The highest BCUT2D eigenvalue weighted by Crippen LogP contribution is 2.60. The van der Waals surface area contributed by atoms with Gasteiger partial charge >= 0.3 is 0 Å². The molecular formula is C31H27NOS2. The predicted molar refractivity (Wildman–Crippen MR) is 149 cm³/mol. The van der Waals surface area contributed by atoms with Gasteiger partial charge in [0, 0.05) is 23.0 Å². The highest BCUT2D eigenvalue weighted by Gasteiger charge is 2.62. The van der Waals surface area contributed by atoms with E-state index in [1.54, 1.807) is 11.3 Å². The predicted octanol–water partition coefficient (Wildman–Crippen LogP) is 7.96. The third-order valence-corrected chi connectivity index (χ3v) is 9.68. The van der Waals surface area contributed by atoms with Gasteiger partial charge in [-0.25, -0.2) is 0 Å². The zero-order valence-corrected chi connectivity index (χ0v) is 21.7. The molecule has 0 amide bonds. The van der Waals surface area contributed by atoms with Gasteiger partial charge in [-0.15, -0.1) is 22.7 Å². The van der Waals surface area contributed by atoms with E-state index in [1.165, 1.54) is 33.0 Å². The maximum atomic E-state index is 14.5. The molecule has 0 saturated heterocycles. The van der Waals surface area contributed by atoms with Gasteiger partial charge in [-0.05, 0) is 63.4 Å². The summed E-state index contributed by atoms with van der Waals surface area (Å²) in [6.45, 7) is 4.61. The van der Waals surface area contributed by atoms with Crippen molar-refractivity contribution in [3.05, 3.63) is 123 Å². The van der Waals surface area contributed by atoms with Crippen LogP contribution in [0.5, 0.6) is 0 Å². The molecule has 6 rings (SSSR count). The summed E-state index contributed by atoms with van der Waals surface area (Å²) < 4.78 is 0. The SMILES string of the molecule is CN1c2ccccc2C(C)(C)C12C=C(c1cccs1)C=C(c1ccccc1)C2C(=O)c1cccs1. The van der Waals surface area contributed by atoms with E-state index in [2.05, 4.69) is 104 Å². The molecule has 3 heterocycles. The fraction of sp³-hybridized carbons (Fsp3) is 0.194. The molecule has 0 fully saturated rings. The van der Waals surface area contributed by atoms with Crippen molar-refractivity contribution in [2.45, 2.75) is 24.8 Å². The van der Waals surface area contributed by atoms with E-state index in [0.717, 1.165) is 16.0 Å². The molecule has 4 aromatic rings. The molecule has 2 atom stereocenters. The van der Waals surface area contributed by atoms with Gasteiger partial charge in [0.1, 0.15) is 0 Å². The fourth-order valence-corrected chi connectivity index (χ4v) is 7.59. The first-order valence-electron chi connectivity index (χ1n) is 11.9. The Kier molecular flexibility index (Phi) is 5.21. The van der Waals surface area contributed by atoms with E-state index in [0.29, 0.717) is 0 Å². The van der Waals surface area contributed by atoms with Gasteiger partial charge in [0.05, 0.1) is 16.3 Å². The summed E-state index contributed by atoms with van der Waals surface area (Å²) in [5.74, 6) is -0.177. The number of para-hydroxylation sites is 1. The Hall–Kier alpha value is -3.21. The second-order valence-corrected chi connectivity index (χ2v) is 11.7. The number of likely N-dealkylation sites (N-methyl/N-ethyl adjacent to an activating group) is 1. The first kappa shape index (κ1) is 22.3. The van der Waals surface area contributed by atoms with Gasteiger partial charge in [0.15, 0.2) is 5.78 Å². The Morgan fingerprint density at radius 1 is 0.857 bits per heavy atom. The number of carbonyl (C=O) groups is 1. The molecule has 2 unspecified atom stereocenters. The number of anilines is 1. The van der Waals surface area contributed by atoms with Crippen LogP contribution in [0.15, 0.2) is 102 Å². The Morgan fingerprint density at radius 2 is 1.57 bits per heavy atom. The fourth-order valence-electron chi connectivity index (χ4n) is 6.18. The maximum absolute atomic E-state index is 14.5. The largest absolute Gasteiger partial charge is 0.363 e. The molecular weight excluding hydrogens is 466 g/mol. The van der Waals surface area contributed by atoms with Crippen molar-refractivity contribution in [3.63, 3.8) is 0 Å². The van der Waals surface area contributed by atoms with Gasteiger partial charge in [-0.1, -0.05) is 74.5 Å². The maximum Gasteiger partial charge on any atom is 0.182 e. The summed E-state index contributed by atoms with van der Waals surface area (Å²) in [4.78, 5) is 18.9. The molecule has 174 valence electrons. The summed E-state index contributed by atoms with van der Waals surface area (Å²) in [5, 5.41) is 4.12. The zero-order valence-electron chi connectivity index (χ0n) is 20.1. The lowest BCUT2D eigenvalue weighted by Gasteiger charge is -2.52. The van der Waals surface area contributed by atoms with Crippen molar-refractivity contribution in [1.82, 2.24) is 0 Å². The van der Waals surface area contributed by atoms with E-state index in [4.69, 9.17) is 0 Å². The first-order valence-corrected chi connectivity index (χ1v) is 13.7. The highest BCUT2D eigenvalue weighted by molar-refractivity contribution is 7.12. The average Bonchev–Trinajstić information content (AvgIpc) is 3.64. The van der Waals surface area contributed by atoms with Gasteiger partial charge in [-0.3, -0.25) is 4.79 Å². The molecule has 2 aromatic carbocycles. The average molecular weight is 494 g/mol. The van der Waals surface area contributed by atoms with Crippen LogP contribution in [0.2, 0.25) is 0 Å². The summed E-state index contributed by atoms with van der Waals surface area (Å²) in [5.41, 5.74) is 4.96. The van der Waals surface area contributed by atoms with E-state index in [-0.39, 0.29) is 17.1 Å². The van der Waals surface area contributed by atoms with Crippen LogP contribution in [0.25, 0.3) is 11.1 Å². The van der Waals surface area contributed by atoms with Crippen molar-refractivity contribution >= 4 is 45.3 Å². The van der Waals surface area contributed by atoms with Crippen LogP contribution in [0.4, 0.5) is 5.69 Å². The summed E-state index contributed by atoms with van der Waals surface area (Å²) in [6.07, 6.45) is 4.65. The van der Waals surface area contributed by atoms with Gasteiger partial charge in [0.2, 0.25) is 0 Å². The van der Waals surface area contributed by atoms with Crippen LogP contribution in [0, 0.1) is 5.92 Å². The third-order valence-electron chi connectivity index (χ3n) is 7.87. The van der Waals surface area contributed by atoms with Crippen LogP contribution in [0.3, 0.4) is 0 Å². The van der Waals surface area contributed by atoms with Crippen molar-refractivity contribution in [1.29, 1.82) is 0 Å². The number of benzene rings is 2. The first-order chi connectivity index (χ1) is 16.9. The molecule has 0 saturated carbocycles. The second-order valence-electron chi connectivity index (χ2n) is 9.84. The number of hydrogen-bond acceptors (Lipinski definition) is 4. The Bertz CT molecular complexity index is 1440. The summed E-state index contributed by atoms with van der Waals surface area (Å²) in [7, 11) is 2.17. The number of thiophene rings is 2. The molecule has 4 heteroatoms. The number of allylic oxidation sites excluding steroid dienone is 2. The number of hydrogen-bond donors (Lipinski definition) is 0. The minimum atomic E-state index is -0.572. The smallest absolute Gasteiger partial charge is 0.182 e. The quantitative estimate of drug-likeness (QED) is 0.269. The van der Waals surface area contributed by atoms with Crippen LogP contribution in [-0.2, 0) is 5.41 Å². The Labute approximate surface area is 214 Å². The molecule has 1 aliphatic carbocycles. The Morgan fingerprint density at radius 3 is 2.26 bits per heavy atom. The van der Waals surface area contributed by atoms with Gasteiger partial charge in [0.25, 0.3) is 0 Å². The molecule has 2 aromatic heterocycles. The topological polar surface area (TPSA) is 20.3 Å². The van der Waals surface area contributed by atoms with Crippen LogP contribution in [0.1, 0.15) is 39.5 Å². The lowest BCUT2D eigenvalue weighted by molar-refractivity contribution is 0.0890. The Balaban J connectivity index is 1.69. The number of Topliss-reactive ketones (excluding diaryl/α,β-unsaturated/α-hetero) is 1. The monoisotopic (exact) mass is 493 g/mol. The van der Waals surface area contributed by atoms with Gasteiger partial charge in [-0.2, -0.15) is 0 Å². The van der Waals surface area contributed by atoms with Crippen molar-refractivity contribution in [2.24, 2.45) is 5.92 Å². The number of carbonyl (C=O) groups excluding carboxylic acids is 1. The van der Waals surface area contributed by atoms with E-state index >= 15 is 0 Å². The number of fused-ring (bicyclic) bond motifs is 1. The number of nitrogens with zero attached hydrogens (tertiary/aromatic N) is 1. The molecule has 0 N–H and O–H groups in total. The third kappa shape index (κ3) is 3.17. The van der Waals surface area contributed by atoms with E-state index in [1.807, 2.05) is 23.6 Å². The summed E-state index contributed by atoms with van der Waals surface area (Å²) >= 11 is 3.28. The molecule has 0 bridgehead atoms. The van der Waals surface area contributed by atoms with Crippen LogP contribution < -0.4 is 4.90 Å². The van der Waals surface area contributed by atoms with E-state index < -0.39 is 5.54 Å². The van der Waals surface area contributed by atoms with Crippen LogP contribution in [-0.4, -0.2) is 18.4 Å².